The first-order valence-electron chi connectivity index (χ1n) is 9.74. The monoisotopic (exact) mass is 472 g/mol. The molecule has 2 unspecified atom stereocenters. The van der Waals surface area contributed by atoms with Crippen molar-refractivity contribution in [3.63, 3.8) is 0 Å². The molecule has 178 valence electrons. The van der Waals surface area contributed by atoms with Gasteiger partial charge in [-0.25, -0.2) is 4.98 Å². The average molecular weight is 473 g/mol. The molecule has 0 aromatic carbocycles. The maximum atomic E-state index is 12.4. The van der Waals surface area contributed by atoms with E-state index in [1.54, 1.807) is 6.92 Å². The number of carboxylic acid groups (broad SMARTS) is 1. The highest BCUT2D eigenvalue weighted by atomic mass is 32.1. The van der Waals surface area contributed by atoms with Crippen LogP contribution in [0.2, 0.25) is 0 Å². The number of fused-ring (bicyclic) bond motifs is 1. The van der Waals surface area contributed by atoms with Crippen LogP contribution in [0.4, 0.5) is 5.95 Å². The molecule has 1 fully saturated rings. The number of aliphatic carboxylic acids is 1. The van der Waals surface area contributed by atoms with Crippen LogP contribution in [0.1, 0.15) is 54.2 Å². The molecule has 32 heavy (non-hydrogen) atoms. The van der Waals surface area contributed by atoms with Crippen molar-refractivity contribution in [1.82, 2.24) is 14.5 Å². The van der Waals surface area contributed by atoms with Crippen LogP contribution in [0.5, 0.6) is 0 Å². The summed E-state index contributed by atoms with van der Waals surface area (Å²) in [6, 6.07) is 0. The molecule has 12 nitrogen and oxygen atoms in total. The molecular weight excluding hydrogens is 444 g/mol. The van der Waals surface area contributed by atoms with E-state index in [2.05, 4.69) is 9.97 Å². The molecule has 0 amide bonds. The fourth-order valence-corrected chi connectivity index (χ4v) is 3.79. The largest absolute Gasteiger partial charge is 0.481 e. The van der Waals surface area contributed by atoms with Crippen molar-refractivity contribution in [2.24, 2.45) is 0 Å². The topological polar surface area (TPSA) is 173 Å². The molecule has 0 aliphatic carbocycles. The van der Waals surface area contributed by atoms with Crippen molar-refractivity contribution in [3.8, 4) is 0 Å². The van der Waals surface area contributed by atoms with Gasteiger partial charge in [0.25, 0.3) is 5.97 Å². The van der Waals surface area contributed by atoms with E-state index in [1.807, 2.05) is 13.8 Å². The molecule has 0 radical (unpaired) electrons. The van der Waals surface area contributed by atoms with Gasteiger partial charge in [-0.15, -0.1) is 0 Å². The Balaban J connectivity index is 0.000000769. The molecule has 3 N–H and O–H groups in total. The molecule has 0 spiro atoms. The van der Waals surface area contributed by atoms with E-state index in [1.165, 1.54) is 24.6 Å². The number of ether oxygens (including phenoxy) is 3. The quantitative estimate of drug-likeness (QED) is 0.620. The van der Waals surface area contributed by atoms with E-state index < -0.39 is 35.8 Å². The number of hydrogen-bond donors (Lipinski definition) is 2. The number of aromatic nitrogens is 3. The van der Waals surface area contributed by atoms with Crippen LogP contribution in [-0.2, 0) is 28.6 Å². The third kappa shape index (κ3) is 6.99. The van der Waals surface area contributed by atoms with Crippen LogP contribution in [0.25, 0.3) is 10.3 Å². The fraction of sp³-hybridized carbons (Fsp3) is 0.579. The van der Waals surface area contributed by atoms with E-state index >= 15 is 0 Å². The first-order chi connectivity index (χ1) is 14.9. The van der Waals surface area contributed by atoms with Gasteiger partial charge in [0.05, 0.1) is 10.9 Å². The summed E-state index contributed by atoms with van der Waals surface area (Å²) in [5.74, 6) is -1.79. The lowest BCUT2D eigenvalue weighted by atomic mass is 9.97. The molecule has 0 bridgehead atoms. The van der Waals surface area contributed by atoms with E-state index in [0.29, 0.717) is 10.3 Å². The van der Waals surface area contributed by atoms with E-state index in [0.717, 1.165) is 18.3 Å². The maximum Gasteiger partial charge on any atom is 0.311 e. The highest BCUT2D eigenvalue weighted by Crippen LogP contribution is 2.40. The van der Waals surface area contributed by atoms with Crippen LogP contribution in [0.15, 0.2) is 11.0 Å². The lowest BCUT2D eigenvalue weighted by molar-refractivity contribution is -0.167. The third-order valence-electron chi connectivity index (χ3n) is 4.06. The van der Waals surface area contributed by atoms with Gasteiger partial charge >= 0.3 is 16.8 Å². The molecule has 13 heteroatoms. The number of rotatable bonds is 4. The van der Waals surface area contributed by atoms with Gasteiger partial charge in [-0.05, 0) is 6.92 Å². The maximum absolute atomic E-state index is 12.4. The van der Waals surface area contributed by atoms with Crippen molar-refractivity contribution in [2.45, 2.75) is 65.9 Å². The molecular formula is C19H28N4O8S. The number of carboxylic acids is 1. The lowest BCUT2D eigenvalue weighted by Crippen LogP contribution is -2.42. The van der Waals surface area contributed by atoms with Crippen LogP contribution in [-0.4, -0.2) is 55.9 Å². The summed E-state index contributed by atoms with van der Waals surface area (Å²) >= 11 is 0.962. The van der Waals surface area contributed by atoms with Crippen molar-refractivity contribution >= 4 is 45.5 Å². The second kappa shape index (κ2) is 11.5. The number of thiazole rings is 1. The van der Waals surface area contributed by atoms with Crippen molar-refractivity contribution in [3.05, 3.63) is 15.9 Å². The van der Waals surface area contributed by atoms with Crippen LogP contribution >= 0.6 is 11.3 Å². The normalized spacial score (nSPS) is 21.6. The fourth-order valence-electron chi connectivity index (χ4n) is 2.96. The van der Waals surface area contributed by atoms with Crippen LogP contribution < -0.4 is 10.6 Å². The van der Waals surface area contributed by atoms with Gasteiger partial charge in [-0.2, -0.15) is 4.98 Å². The molecule has 1 aliphatic heterocycles. The first kappa shape index (κ1) is 27.0. The number of hydrogen-bond acceptors (Lipinski definition) is 11. The highest BCUT2D eigenvalue weighted by molar-refractivity contribution is 7.16. The van der Waals surface area contributed by atoms with Gasteiger partial charge in [-0.1, -0.05) is 25.2 Å². The van der Waals surface area contributed by atoms with Crippen molar-refractivity contribution in [2.75, 3.05) is 12.3 Å². The Labute approximate surface area is 188 Å². The smallest absolute Gasteiger partial charge is 0.311 e. The zero-order chi connectivity index (χ0) is 24.6. The Morgan fingerprint density at radius 1 is 1.31 bits per heavy atom. The molecule has 2 aromatic rings. The lowest BCUT2D eigenvalue weighted by Gasteiger charge is -2.28. The summed E-state index contributed by atoms with van der Waals surface area (Å²) in [5, 5.41) is 7.42. The van der Waals surface area contributed by atoms with Crippen LogP contribution in [0, 0.1) is 0 Å². The van der Waals surface area contributed by atoms with Gasteiger partial charge in [0.2, 0.25) is 5.95 Å². The predicted octanol–water partition coefficient (Wildman–Crippen LogP) is 1.72. The summed E-state index contributed by atoms with van der Waals surface area (Å²) in [5.41, 5.74) is 4.90. The minimum absolute atomic E-state index is 0.0289. The summed E-state index contributed by atoms with van der Waals surface area (Å²) < 4.78 is 18.3. The predicted molar refractivity (Wildman–Crippen MR) is 116 cm³/mol. The number of carbonyl (C=O) groups is 3. The minimum Gasteiger partial charge on any atom is -0.481 e. The number of anilines is 1. The Morgan fingerprint density at radius 2 is 1.91 bits per heavy atom. The highest BCUT2D eigenvalue weighted by Gasteiger charge is 2.50. The SMILES string of the molecule is CC.CC(=O)O.CC(=O)OCC1OC(n2c(=O)sc3cnc(N)nc32)C[C@@]1(C)OC(C)=O. The second-order valence-electron chi connectivity index (χ2n) is 6.67. The third-order valence-corrected chi connectivity index (χ3v) is 4.94. The van der Waals surface area contributed by atoms with Gasteiger partial charge < -0.3 is 25.1 Å². The standard InChI is InChI=1S/C15H18N4O6S.C2H4O2.C2H6/c1-7(20)23-6-10-15(3,25-8(2)21)4-11(24-10)19-12-9(26-14(19)22)5-17-13(16)18-12;1-2(3)4;1-2/h5,10-11H,4,6H2,1-3H3,(H2,16,17,18);1H3,(H,3,4);1-2H3/t10?,11?,15-;;/m1../s1. The Kier molecular flexibility index (Phi) is 9.72. The number of nitrogen functional groups attached to an aromatic ring is 1. The summed E-state index contributed by atoms with van der Waals surface area (Å²) in [4.78, 5) is 51.8. The van der Waals surface area contributed by atoms with Gasteiger partial charge in [-0.3, -0.25) is 23.7 Å². The average Bonchev–Trinajstić information content (AvgIpc) is 3.15. The Hall–Kier alpha value is -3.06. The van der Waals surface area contributed by atoms with E-state index in [-0.39, 0.29) is 23.8 Å². The van der Waals surface area contributed by atoms with Crippen molar-refractivity contribution in [1.29, 1.82) is 0 Å². The molecule has 0 saturated carbocycles. The minimum atomic E-state index is -1.07. The number of carbonyl (C=O) groups excluding carboxylic acids is 2. The summed E-state index contributed by atoms with van der Waals surface area (Å²) in [6.07, 6.45) is 0.169. The summed E-state index contributed by atoms with van der Waals surface area (Å²) in [7, 11) is 0. The van der Waals surface area contributed by atoms with Gasteiger partial charge in [0.15, 0.2) is 5.65 Å². The molecule has 3 heterocycles. The van der Waals surface area contributed by atoms with Crippen molar-refractivity contribution < 1.29 is 33.7 Å². The number of esters is 2. The molecule has 3 atom stereocenters. The van der Waals surface area contributed by atoms with E-state index in [9.17, 15) is 14.4 Å². The van der Waals surface area contributed by atoms with Gasteiger partial charge in [0, 0.05) is 27.2 Å². The Morgan fingerprint density at radius 3 is 2.44 bits per heavy atom. The Bertz CT molecular complexity index is 1020. The van der Waals surface area contributed by atoms with Crippen LogP contribution in [0.3, 0.4) is 0 Å². The summed E-state index contributed by atoms with van der Waals surface area (Å²) in [6.45, 7) is 9.20. The second-order valence-corrected chi connectivity index (χ2v) is 7.66. The molecule has 2 aromatic heterocycles. The number of nitrogens with zero attached hydrogens (tertiary/aromatic N) is 3. The molecule has 1 saturated heterocycles. The van der Waals surface area contributed by atoms with E-state index in [4.69, 9.17) is 29.8 Å². The molecule has 1 aliphatic rings. The molecule has 3 rings (SSSR count). The zero-order valence-corrected chi connectivity index (χ0v) is 19.6. The number of nitrogens with two attached hydrogens (primary N) is 1. The zero-order valence-electron chi connectivity index (χ0n) is 18.8. The first-order valence-corrected chi connectivity index (χ1v) is 10.6. The van der Waals surface area contributed by atoms with Gasteiger partial charge in [0.1, 0.15) is 24.5 Å².